The molecule has 6 N–H and O–H groups in total. The van der Waals surface area contributed by atoms with Gasteiger partial charge in [-0.15, -0.1) is 0 Å². The van der Waals surface area contributed by atoms with Crippen LogP contribution in [0.2, 0.25) is 40.7 Å². The number of aromatic hydroxyl groups is 1. The normalized spacial score (nSPS) is 14.9. The van der Waals surface area contributed by atoms with Gasteiger partial charge in [0.15, 0.2) is 10.3 Å². The third kappa shape index (κ3) is 34.0. The van der Waals surface area contributed by atoms with Crippen molar-refractivity contribution in [3.8, 4) is 41.1 Å². The van der Waals surface area contributed by atoms with Gasteiger partial charge < -0.3 is 89.7 Å². The number of aromatic nitrogens is 4. The Morgan fingerprint density at radius 3 is 1.44 bits per heavy atom. The van der Waals surface area contributed by atoms with Crippen molar-refractivity contribution in [2.24, 2.45) is 0 Å². The summed E-state index contributed by atoms with van der Waals surface area (Å²) in [4.78, 5) is 54.6. The number of pyridine rings is 4. The van der Waals surface area contributed by atoms with Crippen molar-refractivity contribution in [2.75, 3.05) is 70.6 Å². The van der Waals surface area contributed by atoms with E-state index < -0.39 is 21.4 Å². The number of aliphatic hydroxyl groups excluding tert-OH is 1. The van der Waals surface area contributed by atoms with Crippen LogP contribution in [-0.2, 0) is 60.7 Å². The van der Waals surface area contributed by atoms with Gasteiger partial charge in [0.1, 0.15) is 45.8 Å². The molecule has 4 fully saturated rings. The van der Waals surface area contributed by atoms with E-state index in [0.717, 1.165) is 81.2 Å². The van der Waals surface area contributed by atoms with Crippen LogP contribution in [0.1, 0.15) is 72.2 Å². The number of phenolic OH excluding ortho intramolecular Hbond substituents is 1. The monoisotopic (exact) mass is 1720 g/mol. The Kier molecular flexibility index (Phi) is 48.6. The number of benzene rings is 2. The molecule has 6 aliphatic heterocycles. The summed E-state index contributed by atoms with van der Waals surface area (Å²) in [5.41, 5.74) is 4.43. The topological polar surface area (TPSA) is 365 Å². The molecule has 0 saturated carbocycles. The number of ether oxygens (including phenoxy) is 8. The van der Waals surface area contributed by atoms with Gasteiger partial charge in [0.2, 0.25) is 47.7 Å². The third-order valence-electron chi connectivity index (χ3n) is 13.6. The molecule has 28 nitrogen and oxygen atoms in total. The first kappa shape index (κ1) is 93.2. The molecule has 0 aliphatic carbocycles. The van der Waals surface area contributed by atoms with Crippen LogP contribution in [0.3, 0.4) is 0 Å². The van der Waals surface area contributed by atoms with Crippen molar-refractivity contribution in [3.05, 3.63) is 135 Å². The molecule has 10 heterocycles. The molecule has 4 aromatic heterocycles. The van der Waals surface area contributed by atoms with Crippen molar-refractivity contribution in [3.63, 3.8) is 0 Å². The number of nitriles is 1. The van der Waals surface area contributed by atoms with Crippen molar-refractivity contribution in [2.45, 2.75) is 95.9 Å². The van der Waals surface area contributed by atoms with Gasteiger partial charge in [-0.1, -0.05) is 105 Å². The minimum atomic E-state index is -1.00. The van der Waals surface area contributed by atoms with Crippen molar-refractivity contribution >= 4 is 160 Å². The molecule has 0 spiro atoms. The van der Waals surface area contributed by atoms with E-state index in [1.165, 1.54) is 37.3 Å². The van der Waals surface area contributed by atoms with E-state index in [9.17, 15) is 19.0 Å². The Morgan fingerprint density at radius 1 is 0.621 bits per heavy atom. The Labute approximate surface area is 717 Å². The minimum Gasteiger partial charge on any atom is -1.00 e. The molecule has 0 unspecified atom stereocenters. The summed E-state index contributed by atoms with van der Waals surface area (Å²) in [6.45, 7) is 21.7. The Hall–Kier alpha value is -4.05. The number of nitrogens with one attached hydrogen (secondary N) is 2. The number of nitrogens with zero attached hydrogens (tertiary/aromatic N) is 7. The first-order chi connectivity index (χ1) is 49.1. The second kappa shape index (κ2) is 53.7. The van der Waals surface area contributed by atoms with E-state index >= 15 is 0 Å². The van der Waals surface area contributed by atoms with Crippen LogP contribution in [0.5, 0.6) is 35.0 Å². The summed E-state index contributed by atoms with van der Waals surface area (Å²) in [6.07, 6.45) is 7.17. The second-order valence-electron chi connectivity index (χ2n) is 20.4. The van der Waals surface area contributed by atoms with Crippen LogP contribution >= 0.6 is 92.8 Å². The molecule has 544 valence electrons. The first-order valence-electron chi connectivity index (χ1n) is 30.5. The van der Waals surface area contributed by atoms with Gasteiger partial charge in [0.25, 0.3) is 6.47 Å². The number of rotatable bonds is 13. The van der Waals surface area contributed by atoms with Crippen LogP contribution in [-0.4, -0.2) is 158 Å². The smallest absolute Gasteiger partial charge is 1.00 e. The average Bonchev–Trinajstić information content (AvgIpc) is 1.78. The summed E-state index contributed by atoms with van der Waals surface area (Å²) in [6, 6.07) is 17.7. The Bertz CT molecular complexity index is 3770. The quantitative estimate of drug-likeness (QED) is 0.0223. The average molecular weight is 1720 g/mol. The zero-order valence-electron chi connectivity index (χ0n) is 57.3. The van der Waals surface area contributed by atoms with Crippen LogP contribution in [0.15, 0.2) is 60.7 Å². The minimum absolute atomic E-state index is 0. The van der Waals surface area contributed by atoms with Gasteiger partial charge in [0, 0.05) is 58.7 Å². The molecule has 41 heteroatoms. The van der Waals surface area contributed by atoms with E-state index in [2.05, 4.69) is 45.1 Å². The summed E-state index contributed by atoms with van der Waals surface area (Å²) < 4.78 is 69.5. The zero-order chi connectivity index (χ0) is 74.9. The fourth-order valence-corrected chi connectivity index (χ4v) is 10.0. The predicted molar refractivity (Wildman–Crippen MR) is 374 cm³/mol. The maximum atomic E-state index is 10.5. The molecular formula is C62H66B2Cl8CsFN9NaO19. The van der Waals surface area contributed by atoms with E-state index in [-0.39, 0.29) is 212 Å². The molecular weight excluding hydrogens is 1650 g/mol. The number of aliphatic hydroxyl groups is 1. The number of anilines is 2. The molecule has 4 saturated heterocycles. The van der Waals surface area contributed by atoms with E-state index in [1.807, 2.05) is 0 Å². The molecule has 0 bridgehead atoms. The number of hydrogen-bond donors (Lipinski definition) is 6. The Balaban J connectivity index is 0.000000632. The number of phenols is 1. The van der Waals surface area contributed by atoms with Crippen LogP contribution in [0.25, 0.3) is 9.69 Å². The summed E-state index contributed by atoms with van der Waals surface area (Å²) in [7, 11) is -2.72. The molecule has 103 heavy (non-hydrogen) atoms. The second-order valence-corrected chi connectivity index (χ2v) is 23.4. The standard InChI is InChI=1S/C18H16BClN2O5.C11H12Cl2N2O3.C11H10Cl2N2O2.C7H7BO3.C6H3Cl3N2O.C5H10O2.C2H3N.CH3F.CH2O3.Cs.Na.H/c1-21-16-9-15(20)17(22-18(16)26-12-4-6-24-7-5-12)27-13-2-3-14-11(8-13)10-25-19(14)23;12-8-5-9(14-6-16)11(15-10(8)13)18-7-1-3-17-4-2-7;1-14-9-6-8(12)10(13)15-11(9)17-7-2-4-16-5-3-7;9-6-1-2-7-5(3-6)4-11-8(7)10;7-3-1-4(10-2-12)6(9)11-5(3)8;6-5-1-3-7-4-2-5;1-2-3;1-2;2-1-4-3;;;/h2-3,8-9,12,23H,4-7,10H2;5-7H,1-4H2,(H,14,16);6-7H,2-5H2;1-3,9-10H,4H2;1-2H,(H,10,12);5-6H,1-4H2;1H3;1H3;1,3H;;;/q;;;;;;;;;2*+1;-1/p-1/i;;;;;;;1D;;;;. The van der Waals surface area contributed by atoms with Gasteiger partial charge in [-0.2, -0.15) is 15.2 Å². The molecule has 6 aliphatic rings. The van der Waals surface area contributed by atoms with Gasteiger partial charge in [-0.05, 0) is 83.4 Å². The molecule has 2 aromatic carbocycles. The Morgan fingerprint density at radius 2 is 1.00 bits per heavy atom. The molecule has 2 amide bonds. The number of amides is 2. The number of fused-ring (bicyclic) bond motifs is 2. The maximum absolute atomic E-state index is 10.5. The van der Waals surface area contributed by atoms with Gasteiger partial charge in [-0.3, -0.25) is 18.8 Å². The molecule has 0 radical (unpaired) electrons. The fourth-order valence-electron chi connectivity index (χ4n) is 8.75. The maximum Gasteiger partial charge on any atom is 1.00 e. The fraction of sp³-hybridized carbons (Fsp3) is 0.387. The zero-order valence-corrected chi connectivity index (χ0v) is 69.7. The summed E-state index contributed by atoms with van der Waals surface area (Å²) >= 11 is 46.3. The predicted octanol–water partition coefficient (Wildman–Crippen LogP) is 4.91. The van der Waals surface area contributed by atoms with Crippen LogP contribution < -0.4 is 144 Å². The number of halogens is 9. The number of carbonyl (C=O) groups excluding carboxylic acids is 3. The van der Waals surface area contributed by atoms with E-state index in [0.29, 0.717) is 88.3 Å². The van der Waals surface area contributed by atoms with Gasteiger partial charge >= 0.3 is 113 Å². The summed E-state index contributed by atoms with van der Waals surface area (Å²) in [5.74, 6) is 1.61. The molecule has 0 atom stereocenters. The molecule has 12 rings (SSSR count). The number of carbonyl (C=O) groups is 3. The first-order valence-corrected chi connectivity index (χ1v) is 32.8. The van der Waals surface area contributed by atoms with Crippen molar-refractivity contribution in [1.29, 1.82) is 5.26 Å². The number of alkyl halides is 1. The van der Waals surface area contributed by atoms with Gasteiger partial charge in [0.05, 0.1) is 112 Å². The third-order valence-corrected chi connectivity index (χ3v) is 16.2. The largest absolute Gasteiger partial charge is 1.00 e. The van der Waals surface area contributed by atoms with Gasteiger partial charge in [-0.25, -0.2) is 19.7 Å². The van der Waals surface area contributed by atoms with E-state index in [4.69, 9.17) is 185 Å². The molecule has 6 aromatic rings. The van der Waals surface area contributed by atoms with Crippen molar-refractivity contribution < 1.29 is 198 Å². The van der Waals surface area contributed by atoms with Crippen LogP contribution in [0.4, 0.5) is 27.1 Å². The van der Waals surface area contributed by atoms with Crippen molar-refractivity contribution in [1.82, 2.24) is 19.9 Å². The SMILES string of the molecule is CC#N.O=CNc1cc(Cl)c(Cl)nc1Cl.O=CNc1cc(Cl)c(Cl)nc1OC1CCOCC1.O=CO[O-].OB1OCc2cc(O)ccc21.OC1CCOCC1.[2H]CF.[C-]#[N+]c1cc(Cl)c(Cl)nc1OC1CCOCC1.[C-]#[N+]c1cc(Cl)c(Oc2ccc3c(c2)COB3O)nc1OC1CCOCC1.[Cs+].[H-].[Na+]. The summed E-state index contributed by atoms with van der Waals surface area (Å²) in [5, 5.41) is 58.8. The van der Waals surface area contributed by atoms with Crippen LogP contribution in [0, 0.1) is 24.5 Å². The number of hydrogen-bond acceptors (Lipinski definition) is 24. The van der Waals surface area contributed by atoms with E-state index in [1.54, 1.807) is 36.4 Å².